The van der Waals surface area contributed by atoms with E-state index in [0.29, 0.717) is 19.5 Å². The minimum absolute atomic E-state index is 0.147. The van der Waals surface area contributed by atoms with Crippen LogP contribution >= 0.6 is 0 Å². The minimum atomic E-state index is 0.147. The molecule has 2 heterocycles. The number of carbonyl (C=O) groups excluding carboxylic acids is 1. The molecule has 0 unspecified atom stereocenters. The van der Waals surface area contributed by atoms with Gasteiger partial charge in [-0.15, -0.1) is 0 Å². The van der Waals surface area contributed by atoms with Crippen molar-refractivity contribution in [2.45, 2.75) is 19.4 Å². The smallest absolute Gasteiger partial charge is 0.227 e. The van der Waals surface area contributed by atoms with Gasteiger partial charge in [0.05, 0.1) is 18.7 Å². The summed E-state index contributed by atoms with van der Waals surface area (Å²) in [5.41, 5.74) is 4.15. The van der Waals surface area contributed by atoms with Crippen LogP contribution in [0.3, 0.4) is 0 Å². The highest BCUT2D eigenvalue weighted by Gasteiger charge is 2.26. The van der Waals surface area contributed by atoms with Gasteiger partial charge in [0, 0.05) is 38.2 Å². The standard InChI is InChI=1S/C23H24N4O/c1-26(2)23-19-16-27(21(28)15-17-9-5-3-6-10-17)14-13-20(19)24-22(25-23)18-11-7-4-8-12-18/h3-12H,13-16H2,1-2H3. The summed E-state index contributed by atoms with van der Waals surface area (Å²) in [6, 6.07) is 19.9. The van der Waals surface area contributed by atoms with Crippen LogP contribution in [0.5, 0.6) is 0 Å². The zero-order valence-electron chi connectivity index (χ0n) is 16.3. The monoisotopic (exact) mass is 372 g/mol. The van der Waals surface area contributed by atoms with E-state index in [4.69, 9.17) is 9.97 Å². The van der Waals surface area contributed by atoms with Crippen LogP contribution in [0.4, 0.5) is 5.82 Å². The second kappa shape index (κ2) is 7.80. The molecule has 0 radical (unpaired) electrons. The first-order valence-corrected chi connectivity index (χ1v) is 9.56. The lowest BCUT2D eigenvalue weighted by Crippen LogP contribution is -2.38. The molecule has 1 aliphatic rings. The van der Waals surface area contributed by atoms with Gasteiger partial charge in [-0.3, -0.25) is 4.79 Å². The molecule has 28 heavy (non-hydrogen) atoms. The van der Waals surface area contributed by atoms with Gasteiger partial charge < -0.3 is 9.80 Å². The van der Waals surface area contributed by atoms with Gasteiger partial charge in [-0.05, 0) is 5.56 Å². The van der Waals surface area contributed by atoms with E-state index in [-0.39, 0.29) is 5.91 Å². The number of rotatable bonds is 4. The number of carbonyl (C=O) groups is 1. The van der Waals surface area contributed by atoms with Crippen LogP contribution in [0.1, 0.15) is 16.8 Å². The molecule has 142 valence electrons. The number of benzene rings is 2. The fourth-order valence-electron chi connectivity index (χ4n) is 3.58. The van der Waals surface area contributed by atoms with E-state index in [1.54, 1.807) is 0 Å². The Morgan fingerprint density at radius 2 is 1.68 bits per heavy atom. The van der Waals surface area contributed by atoms with Crippen molar-refractivity contribution in [2.24, 2.45) is 0 Å². The molecular weight excluding hydrogens is 348 g/mol. The lowest BCUT2D eigenvalue weighted by Gasteiger charge is -2.31. The first-order chi connectivity index (χ1) is 13.6. The molecule has 0 saturated carbocycles. The van der Waals surface area contributed by atoms with Gasteiger partial charge in [-0.2, -0.15) is 0 Å². The van der Waals surface area contributed by atoms with Gasteiger partial charge in [-0.1, -0.05) is 60.7 Å². The SMILES string of the molecule is CN(C)c1nc(-c2ccccc2)nc2c1CN(C(=O)Cc1ccccc1)CC2. The maximum Gasteiger partial charge on any atom is 0.227 e. The van der Waals surface area contributed by atoms with E-state index in [1.807, 2.05) is 84.6 Å². The second-order valence-electron chi connectivity index (χ2n) is 7.28. The Bertz CT molecular complexity index is 971. The Labute approximate surface area is 165 Å². The number of fused-ring (bicyclic) bond motifs is 1. The highest BCUT2D eigenvalue weighted by atomic mass is 16.2. The summed E-state index contributed by atoms with van der Waals surface area (Å²) in [7, 11) is 3.98. The van der Waals surface area contributed by atoms with Crippen molar-refractivity contribution >= 4 is 11.7 Å². The Morgan fingerprint density at radius 3 is 2.36 bits per heavy atom. The third-order valence-corrected chi connectivity index (χ3v) is 5.04. The van der Waals surface area contributed by atoms with Crippen molar-refractivity contribution in [2.75, 3.05) is 25.5 Å². The number of anilines is 1. The Kier molecular flexibility index (Phi) is 5.06. The second-order valence-corrected chi connectivity index (χ2v) is 7.28. The highest BCUT2D eigenvalue weighted by molar-refractivity contribution is 5.79. The fraction of sp³-hybridized carbons (Fsp3) is 0.261. The molecule has 0 spiro atoms. The van der Waals surface area contributed by atoms with E-state index in [1.165, 1.54) is 0 Å². The third-order valence-electron chi connectivity index (χ3n) is 5.04. The van der Waals surface area contributed by atoms with Crippen molar-refractivity contribution < 1.29 is 4.79 Å². The summed E-state index contributed by atoms with van der Waals surface area (Å²) in [5.74, 6) is 1.78. The van der Waals surface area contributed by atoms with Gasteiger partial charge >= 0.3 is 0 Å². The van der Waals surface area contributed by atoms with Crippen LogP contribution in [0.15, 0.2) is 60.7 Å². The summed E-state index contributed by atoms with van der Waals surface area (Å²) in [6.07, 6.45) is 1.18. The van der Waals surface area contributed by atoms with Crippen LogP contribution in [0.25, 0.3) is 11.4 Å². The van der Waals surface area contributed by atoms with Crippen LogP contribution in [0, 0.1) is 0 Å². The normalized spacial score (nSPS) is 13.1. The summed E-state index contributed by atoms with van der Waals surface area (Å²) in [4.78, 5) is 26.4. The molecule has 0 fully saturated rings. The Balaban J connectivity index is 1.62. The highest BCUT2D eigenvalue weighted by Crippen LogP contribution is 2.29. The molecule has 2 aromatic carbocycles. The first-order valence-electron chi connectivity index (χ1n) is 9.56. The molecule has 1 aliphatic heterocycles. The van der Waals surface area contributed by atoms with E-state index in [0.717, 1.165) is 40.4 Å². The van der Waals surface area contributed by atoms with Gasteiger partial charge in [-0.25, -0.2) is 9.97 Å². The maximum absolute atomic E-state index is 12.8. The topological polar surface area (TPSA) is 49.3 Å². The Hall–Kier alpha value is -3.21. The van der Waals surface area contributed by atoms with Crippen LogP contribution in [-0.2, 0) is 24.2 Å². The van der Waals surface area contributed by atoms with Crippen molar-refractivity contribution in [1.82, 2.24) is 14.9 Å². The Morgan fingerprint density at radius 1 is 1.00 bits per heavy atom. The zero-order chi connectivity index (χ0) is 19.5. The third kappa shape index (κ3) is 3.74. The van der Waals surface area contributed by atoms with Crippen molar-refractivity contribution in [1.29, 1.82) is 0 Å². The molecule has 0 atom stereocenters. The quantitative estimate of drug-likeness (QED) is 0.705. The summed E-state index contributed by atoms with van der Waals surface area (Å²) >= 11 is 0. The van der Waals surface area contributed by atoms with Crippen molar-refractivity contribution in [3.8, 4) is 11.4 Å². The van der Waals surface area contributed by atoms with E-state index >= 15 is 0 Å². The maximum atomic E-state index is 12.8. The molecule has 4 rings (SSSR count). The lowest BCUT2D eigenvalue weighted by atomic mass is 10.0. The zero-order valence-corrected chi connectivity index (χ0v) is 16.3. The van der Waals surface area contributed by atoms with Crippen molar-refractivity contribution in [3.05, 3.63) is 77.5 Å². The van der Waals surface area contributed by atoms with Gasteiger partial charge in [0.25, 0.3) is 0 Å². The minimum Gasteiger partial charge on any atom is -0.362 e. The molecule has 5 nitrogen and oxygen atoms in total. The predicted octanol–water partition coefficient (Wildman–Crippen LogP) is 3.34. The molecule has 0 aliphatic carbocycles. The summed E-state index contributed by atoms with van der Waals surface area (Å²) in [6.45, 7) is 1.25. The summed E-state index contributed by atoms with van der Waals surface area (Å²) < 4.78 is 0. The van der Waals surface area contributed by atoms with E-state index in [2.05, 4.69) is 0 Å². The molecule has 1 amide bonds. The van der Waals surface area contributed by atoms with Gasteiger partial charge in [0.15, 0.2) is 5.82 Å². The number of amides is 1. The number of aromatic nitrogens is 2. The molecule has 0 N–H and O–H groups in total. The number of hydrogen-bond acceptors (Lipinski definition) is 4. The number of hydrogen-bond donors (Lipinski definition) is 0. The fourth-order valence-corrected chi connectivity index (χ4v) is 3.58. The van der Waals surface area contributed by atoms with Crippen molar-refractivity contribution in [3.63, 3.8) is 0 Å². The van der Waals surface area contributed by atoms with Crippen LogP contribution in [-0.4, -0.2) is 41.4 Å². The lowest BCUT2D eigenvalue weighted by molar-refractivity contribution is -0.131. The predicted molar refractivity (Wildman–Crippen MR) is 111 cm³/mol. The first kappa shape index (κ1) is 18.2. The summed E-state index contributed by atoms with van der Waals surface area (Å²) in [5, 5.41) is 0. The number of nitrogens with zero attached hydrogens (tertiary/aromatic N) is 4. The molecule has 1 aromatic heterocycles. The molecule has 0 saturated heterocycles. The molecular formula is C23H24N4O. The van der Waals surface area contributed by atoms with E-state index in [9.17, 15) is 4.79 Å². The van der Waals surface area contributed by atoms with Gasteiger partial charge in [0.2, 0.25) is 5.91 Å². The van der Waals surface area contributed by atoms with Gasteiger partial charge in [0.1, 0.15) is 5.82 Å². The van der Waals surface area contributed by atoms with Crippen LogP contribution in [0.2, 0.25) is 0 Å². The van der Waals surface area contributed by atoms with Crippen LogP contribution < -0.4 is 4.90 Å². The average Bonchev–Trinajstić information content (AvgIpc) is 2.73. The molecule has 5 heteroatoms. The molecule has 3 aromatic rings. The average molecular weight is 372 g/mol. The largest absolute Gasteiger partial charge is 0.362 e. The molecule has 0 bridgehead atoms. The van der Waals surface area contributed by atoms with E-state index < -0.39 is 0 Å².